The molecule has 3 nitrogen and oxygen atoms in total. The molecule has 23 heavy (non-hydrogen) atoms. The number of hydrogen-bond donors (Lipinski definition) is 1. The van der Waals surface area contributed by atoms with Gasteiger partial charge in [-0.15, -0.1) is 0 Å². The summed E-state index contributed by atoms with van der Waals surface area (Å²) in [5, 5.41) is 10.7. The molecule has 2 heterocycles. The Bertz CT molecular complexity index is 548. The fourth-order valence-corrected chi connectivity index (χ4v) is 5.32. The van der Waals surface area contributed by atoms with E-state index in [0.29, 0.717) is 18.1 Å². The Balaban J connectivity index is 1.62. The number of fused-ring (bicyclic) bond motifs is 3. The molecule has 130 valence electrons. The van der Waals surface area contributed by atoms with Crippen molar-refractivity contribution in [1.29, 1.82) is 0 Å². The molecule has 0 spiro atoms. The van der Waals surface area contributed by atoms with Crippen molar-refractivity contribution < 1.29 is 14.6 Å². The number of ether oxygens (including phenoxy) is 2. The van der Waals surface area contributed by atoms with E-state index in [9.17, 15) is 5.11 Å². The standard InChI is InChI=1S/C20H32O3/c1-17(2,21)13-6-9-18(3)12-16-20(5,23-16)11-8-15-19(4,22-15)10-7-14(13)18/h6,14-16,21H,7-12H2,1-5H3/t14-,15+,16-,18+,19+,20-/m1/s1. The Kier molecular flexibility index (Phi) is 3.23. The van der Waals surface area contributed by atoms with Crippen LogP contribution in [0.25, 0.3) is 0 Å². The lowest BCUT2D eigenvalue weighted by Gasteiger charge is -2.37. The molecule has 0 aromatic carbocycles. The smallest absolute Gasteiger partial charge is 0.0921 e. The highest BCUT2D eigenvalue weighted by molar-refractivity contribution is 5.28. The summed E-state index contributed by atoms with van der Waals surface area (Å²) in [7, 11) is 0. The third-order valence-electron chi connectivity index (χ3n) is 7.27. The van der Waals surface area contributed by atoms with Gasteiger partial charge in [-0.1, -0.05) is 13.0 Å². The molecule has 4 aliphatic rings. The van der Waals surface area contributed by atoms with Gasteiger partial charge in [-0.25, -0.2) is 0 Å². The largest absolute Gasteiger partial charge is 0.386 e. The first kappa shape index (κ1) is 16.1. The Hall–Kier alpha value is -0.380. The predicted molar refractivity (Wildman–Crippen MR) is 90.2 cm³/mol. The maximum absolute atomic E-state index is 10.7. The van der Waals surface area contributed by atoms with E-state index in [1.54, 1.807) is 0 Å². The molecule has 4 rings (SSSR count). The molecule has 6 atom stereocenters. The monoisotopic (exact) mass is 320 g/mol. The number of aliphatic hydroxyl groups is 1. The topological polar surface area (TPSA) is 45.3 Å². The Labute approximate surface area is 140 Å². The molecule has 0 bridgehead atoms. The lowest BCUT2D eigenvalue weighted by Crippen LogP contribution is -2.34. The van der Waals surface area contributed by atoms with Gasteiger partial charge in [0.15, 0.2) is 0 Å². The molecule has 1 N–H and O–H groups in total. The van der Waals surface area contributed by atoms with E-state index in [4.69, 9.17) is 9.47 Å². The quantitative estimate of drug-likeness (QED) is 0.587. The maximum Gasteiger partial charge on any atom is 0.0921 e. The third kappa shape index (κ3) is 2.60. The molecule has 3 heteroatoms. The van der Waals surface area contributed by atoms with Crippen LogP contribution in [-0.4, -0.2) is 34.1 Å². The minimum absolute atomic E-state index is 0.0549. The highest BCUT2D eigenvalue weighted by Gasteiger charge is 2.60. The van der Waals surface area contributed by atoms with Gasteiger partial charge in [-0.3, -0.25) is 0 Å². The van der Waals surface area contributed by atoms with E-state index in [2.05, 4.69) is 26.8 Å². The fraction of sp³-hybridized carbons (Fsp3) is 0.900. The summed E-state index contributed by atoms with van der Waals surface area (Å²) in [6.45, 7) is 10.8. The summed E-state index contributed by atoms with van der Waals surface area (Å²) >= 11 is 0. The molecule has 0 radical (unpaired) electrons. The third-order valence-corrected chi connectivity index (χ3v) is 7.27. The molecule has 0 aromatic heterocycles. The normalized spacial score (nSPS) is 52.6. The number of epoxide rings is 2. The maximum atomic E-state index is 10.7. The second-order valence-corrected chi connectivity index (χ2v) is 9.75. The van der Waals surface area contributed by atoms with E-state index in [1.165, 1.54) is 5.57 Å². The molecule has 0 aromatic rings. The molecule has 0 unspecified atom stereocenters. The Morgan fingerprint density at radius 1 is 1.04 bits per heavy atom. The van der Waals surface area contributed by atoms with Crippen LogP contribution in [0.4, 0.5) is 0 Å². The summed E-state index contributed by atoms with van der Waals surface area (Å²) in [6, 6.07) is 0. The van der Waals surface area contributed by atoms with Gasteiger partial charge >= 0.3 is 0 Å². The predicted octanol–water partition coefficient (Wildman–Crippen LogP) is 3.99. The molecular formula is C20H32O3. The van der Waals surface area contributed by atoms with Crippen LogP contribution in [0.2, 0.25) is 0 Å². The van der Waals surface area contributed by atoms with Gasteiger partial charge in [0.25, 0.3) is 0 Å². The fourth-order valence-electron chi connectivity index (χ4n) is 5.32. The molecule has 1 saturated carbocycles. The van der Waals surface area contributed by atoms with Gasteiger partial charge < -0.3 is 14.6 Å². The molecule has 2 aliphatic carbocycles. The highest BCUT2D eigenvalue weighted by Crippen LogP contribution is 2.59. The summed E-state index contributed by atoms with van der Waals surface area (Å²) in [6.07, 6.45) is 9.74. The average molecular weight is 320 g/mol. The summed E-state index contributed by atoms with van der Waals surface area (Å²) in [5.74, 6) is 0.440. The zero-order valence-electron chi connectivity index (χ0n) is 15.3. The number of allylic oxidation sites excluding steroid dienone is 1. The summed E-state index contributed by atoms with van der Waals surface area (Å²) < 4.78 is 12.2. The van der Waals surface area contributed by atoms with Crippen LogP contribution in [0.3, 0.4) is 0 Å². The molecule has 2 saturated heterocycles. The second-order valence-electron chi connectivity index (χ2n) is 9.75. The van der Waals surface area contributed by atoms with Gasteiger partial charge in [-0.05, 0) is 83.1 Å². The van der Waals surface area contributed by atoms with Gasteiger partial charge in [0.05, 0.1) is 29.0 Å². The van der Waals surface area contributed by atoms with Crippen molar-refractivity contribution in [1.82, 2.24) is 0 Å². The van der Waals surface area contributed by atoms with Crippen molar-refractivity contribution in [3.8, 4) is 0 Å². The van der Waals surface area contributed by atoms with E-state index >= 15 is 0 Å². The highest BCUT2D eigenvalue weighted by atomic mass is 16.6. The van der Waals surface area contributed by atoms with Crippen LogP contribution in [0.15, 0.2) is 11.6 Å². The van der Waals surface area contributed by atoms with E-state index in [-0.39, 0.29) is 16.6 Å². The first-order valence-electron chi connectivity index (χ1n) is 9.34. The van der Waals surface area contributed by atoms with Gasteiger partial charge in [-0.2, -0.15) is 0 Å². The average Bonchev–Trinajstić information content (AvgIpc) is 3.21. The minimum Gasteiger partial charge on any atom is -0.386 e. The van der Waals surface area contributed by atoms with Crippen LogP contribution in [0, 0.1) is 11.3 Å². The first-order valence-corrected chi connectivity index (χ1v) is 9.34. The van der Waals surface area contributed by atoms with Gasteiger partial charge in [0, 0.05) is 0 Å². The molecule has 0 amide bonds. The lowest BCUT2D eigenvalue weighted by atomic mass is 9.68. The SMILES string of the molecule is CC(C)(O)C1=CC[C@@]2(C)C[C@H]3O[C@]3(C)CC[C@@H]3O[C@@]3(C)CC[C@H]12. The van der Waals surface area contributed by atoms with Crippen LogP contribution < -0.4 is 0 Å². The lowest BCUT2D eigenvalue weighted by molar-refractivity contribution is 0.0838. The zero-order valence-corrected chi connectivity index (χ0v) is 15.3. The summed E-state index contributed by atoms with van der Waals surface area (Å²) in [5.41, 5.74) is 0.841. The minimum atomic E-state index is -0.721. The van der Waals surface area contributed by atoms with Gasteiger partial charge in [0.1, 0.15) is 0 Å². The van der Waals surface area contributed by atoms with Crippen LogP contribution >= 0.6 is 0 Å². The number of rotatable bonds is 1. The zero-order chi connectivity index (χ0) is 16.7. The van der Waals surface area contributed by atoms with E-state index < -0.39 is 5.60 Å². The van der Waals surface area contributed by atoms with Crippen molar-refractivity contribution in [3.63, 3.8) is 0 Å². The second kappa shape index (κ2) is 4.62. The molecule has 3 fully saturated rings. The Morgan fingerprint density at radius 3 is 2.35 bits per heavy atom. The van der Waals surface area contributed by atoms with Crippen molar-refractivity contribution in [3.05, 3.63) is 11.6 Å². The van der Waals surface area contributed by atoms with Crippen LogP contribution in [-0.2, 0) is 9.47 Å². The first-order chi connectivity index (χ1) is 10.6. The van der Waals surface area contributed by atoms with Crippen LogP contribution in [0.5, 0.6) is 0 Å². The van der Waals surface area contributed by atoms with Gasteiger partial charge in [0.2, 0.25) is 0 Å². The van der Waals surface area contributed by atoms with Crippen molar-refractivity contribution in [2.75, 3.05) is 0 Å². The van der Waals surface area contributed by atoms with Crippen molar-refractivity contribution in [2.45, 2.75) is 102 Å². The molecular weight excluding hydrogens is 288 g/mol. The van der Waals surface area contributed by atoms with Crippen molar-refractivity contribution in [2.24, 2.45) is 11.3 Å². The van der Waals surface area contributed by atoms with E-state index in [1.807, 2.05) is 13.8 Å². The Morgan fingerprint density at radius 2 is 1.65 bits per heavy atom. The van der Waals surface area contributed by atoms with E-state index in [0.717, 1.165) is 38.5 Å². The summed E-state index contributed by atoms with van der Waals surface area (Å²) in [4.78, 5) is 0. The number of hydrogen-bond acceptors (Lipinski definition) is 3. The van der Waals surface area contributed by atoms with Crippen molar-refractivity contribution >= 4 is 0 Å². The van der Waals surface area contributed by atoms with Crippen LogP contribution in [0.1, 0.15) is 73.1 Å². The molecule has 2 aliphatic heterocycles.